The van der Waals surface area contributed by atoms with Gasteiger partial charge in [0.25, 0.3) is 0 Å². The van der Waals surface area contributed by atoms with Gasteiger partial charge in [-0.2, -0.15) is 0 Å². The van der Waals surface area contributed by atoms with E-state index in [0.29, 0.717) is 23.8 Å². The molecule has 0 saturated carbocycles. The zero-order valence-electron chi connectivity index (χ0n) is 11.6. The number of ether oxygens (including phenoxy) is 2. The van der Waals surface area contributed by atoms with Gasteiger partial charge < -0.3 is 14.8 Å². The maximum Gasteiger partial charge on any atom is 0.169 e. The number of rotatable bonds is 6. The zero-order chi connectivity index (χ0) is 13.7. The summed E-state index contributed by atoms with van der Waals surface area (Å²) in [6.07, 6.45) is 1.99. The van der Waals surface area contributed by atoms with Crippen molar-refractivity contribution in [3.8, 4) is 5.75 Å². The molecule has 1 aromatic carbocycles. The minimum atomic E-state index is -0.259. The molecular formula is C15H22FNO2. The van der Waals surface area contributed by atoms with Crippen molar-refractivity contribution in [3.63, 3.8) is 0 Å². The van der Waals surface area contributed by atoms with E-state index in [-0.39, 0.29) is 11.9 Å². The molecule has 19 heavy (non-hydrogen) atoms. The average molecular weight is 267 g/mol. The van der Waals surface area contributed by atoms with Crippen molar-refractivity contribution in [1.82, 2.24) is 5.32 Å². The van der Waals surface area contributed by atoms with Crippen LogP contribution in [-0.4, -0.2) is 26.9 Å². The van der Waals surface area contributed by atoms with Crippen LogP contribution in [0.3, 0.4) is 0 Å². The quantitative estimate of drug-likeness (QED) is 0.859. The van der Waals surface area contributed by atoms with Crippen LogP contribution in [0.2, 0.25) is 0 Å². The third-order valence-corrected chi connectivity index (χ3v) is 3.60. The monoisotopic (exact) mass is 267 g/mol. The molecule has 106 valence electrons. The Bertz CT molecular complexity index is 405. The maximum absolute atomic E-state index is 14.4. The van der Waals surface area contributed by atoms with Gasteiger partial charge in [0.15, 0.2) is 11.6 Å². The van der Waals surface area contributed by atoms with Gasteiger partial charge in [0.05, 0.1) is 13.7 Å². The zero-order valence-corrected chi connectivity index (χ0v) is 11.6. The third-order valence-electron chi connectivity index (χ3n) is 3.60. The Morgan fingerprint density at radius 1 is 1.53 bits per heavy atom. The molecule has 1 fully saturated rings. The molecule has 0 amide bonds. The van der Waals surface area contributed by atoms with Crippen molar-refractivity contribution in [2.45, 2.75) is 25.8 Å². The van der Waals surface area contributed by atoms with Crippen molar-refractivity contribution in [1.29, 1.82) is 0 Å². The average Bonchev–Trinajstić information content (AvgIpc) is 2.95. The van der Waals surface area contributed by atoms with Crippen LogP contribution in [0.1, 0.15) is 31.4 Å². The number of nitrogens with one attached hydrogen (secondary N) is 1. The molecular weight excluding hydrogens is 245 g/mol. The fraction of sp³-hybridized carbons (Fsp3) is 0.600. The first-order chi connectivity index (χ1) is 9.27. The summed E-state index contributed by atoms with van der Waals surface area (Å²) in [5.41, 5.74) is 0.684. The van der Waals surface area contributed by atoms with Crippen LogP contribution in [0, 0.1) is 11.7 Å². The summed E-state index contributed by atoms with van der Waals surface area (Å²) >= 11 is 0. The minimum Gasteiger partial charge on any atom is -0.494 e. The van der Waals surface area contributed by atoms with Gasteiger partial charge in [-0.15, -0.1) is 0 Å². The summed E-state index contributed by atoms with van der Waals surface area (Å²) in [4.78, 5) is 0. The Hall–Kier alpha value is -1.13. The van der Waals surface area contributed by atoms with Crippen molar-refractivity contribution in [2.75, 3.05) is 26.9 Å². The molecule has 0 aromatic heterocycles. The first kappa shape index (κ1) is 14.3. The largest absolute Gasteiger partial charge is 0.494 e. The molecule has 0 aliphatic carbocycles. The lowest BCUT2D eigenvalue weighted by Gasteiger charge is -2.25. The van der Waals surface area contributed by atoms with Crippen LogP contribution in [0.15, 0.2) is 18.2 Å². The summed E-state index contributed by atoms with van der Waals surface area (Å²) < 4.78 is 24.9. The van der Waals surface area contributed by atoms with E-state index in [9.17, 15) is 4.39 Å². The summed E-state index contributed by atoms with van der Waals surface area (Å²) in [5, 5.41) is 3.44. The van der Waals surface area contributed by atoms with E-state index in [2.05, 4.69) is 12.2 Å². The molecule has 2 unspecified atom stereocenters. The lowest BCUT2D eigenvalue weighted by molar-refractivity contribution is 0.176. The van der Waals surface area contributed by atoms with Crippen LogP contribution in [0.4, 0.5) is 4.39 Å². The van der Waals surface area contributed by atoms with Gasteiger partial charge >= 0.3 is 0 Å². The van der Waals surface area contributed by atoms with Gasteiger partial charge in [0, 0.05) is 24.1 Å². The molecule has 4 heteroatoms. The second-order valence-electron chi connectivity index (χ2n) is 4.92. The Morgan fingerprint density at radius 3 is 3.00 bits per heavy atom. The lowest BCUT2D eigenvalue weighted by atomic mass is 9.91. The standard InChI is InChI=1S/C15H22FNO2/c1-3-8-17-15(11-7-9-19-10-11)12-5-4-6-13(18-2)14(12)16/h4-6,11,15,17H,3,7-10H2,1-2H3. The Morgan fingerprint density at radius 2 is 2.37 bits per heavy atom. The molecule has 2 atom stereocenters. The molecule has 1 aliphatic heterocycles. The Balaban J connectivity index is 2.25. The number of halogens is 1. The van der Waals surface area contributed by atoms with Crippen LogP contribution in [-0.2, 0) is 4.74 Å². The smallest absolute Gasteiger partial charge is 0.169 e. The highest BCUT2D eigenvalue weighted by Gasteiger charge is 2.29. The summed E-state index contributed by atoms with van der Waals surface area (Å²) in [7, 11) is 1.50. The molecule has 1 aromatic rings. The van der Waals surface area contributed by atoms with Crippen LogP contribution >= 0.6 is 0 Å². The third kappa shape index (κ3) is 3.25. The van der Waals surface area contributed by atoms with Gasteiger partial charge in [0.1, 0.15) is 0 Å². The fourth-order valence-corrected chi connectivity index (χ4v) is 2.57. The molecule has 0 bridgehead atoms. The molecule has 1 heterocycles. The summed E-state index contributed by atoms with van der Waals surface area (Å²) in [6.45, 7) is 4.44. The van der Waals surface area contributed by atoms with Crippen molar-refractivity contribution < 1.29 is 13.9 Å². The first-order valence-electron chi connectivity index (χ1n) is 6.91. The van der Waals surface area contributed by atoms with Gasteiger partial charge in [-0.25, -0.2) is 4.39 Å². The van der Waals surface area contributed by atoms with E-state index in [1.54, 1.807) is 6.07 Å². The second kappa shape index (κ2) is 6.87. The van der Waals surface area contributed by atoms with E-state index >= 15 is 0 Å². The molecule has 1 aliphatic rings. The van der Waals surface area contributed by atoms with Crippen LogP contribution < -0.4 is 10.1 Å². The maximum atomic E-state index is 14.4. The number of hydrogen-bond donors (Lipinski definition) is 1. The predicted octanol–water partition coefficient (Wildman–Crippen LogP) is 2.91. The molecule has 2 rings (SSSR count). The molecule has 0 spiro atoms. The topological polar surface area (TPSA) is 30.5 Å². The van der Waals surface area contributed by atoms with E-state index in [0.717, 1.165) is 26.0 Å². The van der Waals surface area contributed by atoms with E-state index in [4.69, 9.17) is 9.47 Å². The number of hydrogen-bond acceptors (Lipinski definition) is 3. The van der Waals surface area contributed by atoms with E-state index < -0.39 is 0 Å². The van der Waals surface area contributed by atoms with E-state index in [1.165, 1.54) is 7.11 Å². The summed E-state index contributed by atoms with van der Waals surface area (Å²) in [6, 6.07) is 5.33. The second-order valence-corrected chi connectivity index (χ2v) is 4.92. The normalized spacial score (nSPS) is 20.5. The molecule has 1 saturated heterocycles. The summed E-state index contributed by atoms with van der Waals surface area (Å²) in [5.74, 6) is 0.373. The SMILES string of the molecule is CCCNC(c1cccc(OC)c1F)C1CCOC1. The van der Waals surface area contributed by atoms with Gasteiger partial charge in [-0.05, 0) is 25.5 Å². The number of methoxy groups -OCH3 is 1. The Kier molecular flexibility index (Phi) is 5.16. The number of benzene rings is 1. The highest BCUT2D eigenvalue weighted by Crippen LogP contribution is 2.33. The van der Waals surface area contributed by atoms with Crippen molar-refractivity contribution in [2.24, 2.45) is 5.92 Å². The molecule has 0 radical (unpaired) electrons. The van der Waals surface area contributed by atoms with Gasteiger partial charge in [0.2, 0.25) is 0 Å². The van der Waals surface area contributed by atoms with Crippen LogP contribution in [0.5, 0.6) is 5.75 Å². The Labute approximate surface area is 114 Å². The minimum absolute atomic E-state index is 0.00227. The highest BCUT2D eigenvalue weighted by atomic mass is 19.1. The predicted molar refractivity (Wildman–Crippen MR) is 72.9 cm³/mol. The first-order valence-corrected chi connectivity index (χ1v) is 6.91. The van der Waals surface area contributed by atoms with Crippen LogP contribution in [0.25, 0.3) is 0 Å². The van der Waals surface area contributed by atoms with E-state index in [1.807, 2.05) is 12.1 Å². The molecule has 1 N–H and O–H groups in total. The van der Waals surface area contributed by atoms with Crippen molar-refractivity contribution >= 4 is 0 Å². The molecule has 3 nitrogen and oxygen atoms in total. The fourth-order valence-electron chi connectivity index (χ4n) is 2.57. The van der Waals surface area contributed by atoms with Gasteiger partial charge in [-0.1, -0.05) is 19.1 Å². The lowest BCUT2D eigenvalue weighted by Crippen LogP contribution is -2.30. The highest BCUT2D eigenvalue weighted by molar-refractivity contribution is 5.33. The van der Waals surface area contributed by atoms with Gasteiger partial charge in [-0.3, -0.25) is 0 Å². The van der Waals surface area contributed by atoms with Crippen molar-refractivity contribution in [3.05, 3.63) is 29.6 Å².